The van der Waals surface area contributed by atoms with E-state index in [1.807, 2.05) is 0 Å². The van der Waals surface area contributed by atoms with E-state index >= 15 is 0 Å². The van der Waals surface area contributed by atoms with E-state index in [9.17, 15) is 19.7 Å². The number of hydrogen-bond donors (Lipinski definition) is 3. The Morgan fingerprint density at radius 1 is 1.25 bits per heavy atom. The molecule has 0 aromatic heterocycles. The van der Waals surface area contributed by atoms with Crippen molar-refractivity contribution >= 4 is 17.6 Å². The van der Waals surface area contributed by atoms with E-state index in [2.05, 4.69) is 5.32 Å². The van der Waals surface area contributed by atoms with Crippen molar-refractivity contribution in [3.63, 3.8) is 0 Å². The van der Waals surface area contributed by atoms with Gasteiger partial charge in [-0.3, -0.25) is 19.7 Å². The summed E-state index contributed by atoms with van der Waals surface area (Å²) in [5.74, 6) is -2.19. The zero-order valence-electron chi connectivity index (χ0n) is 10.5. The molecular weight excluding hydrogens is 268 g/mol. The van der Waals surface area contributed by atoms with Gasteiger partial charge in [0.05, 0.1) is 4.92 Å². The van der Waals surface area contributed by atoms with Gasteiger partial charge in [-0.15, -0.1) is 0 Å². The number of nitrogens with one attached hydrogen (secondary N) is 1. The van der Waals surface area contributed by atoms with Crippen LogP contribution in [0.2, 0.25) is 0 Å². The summed E-state index contributed by atoms with van der Waals surface area (Å²) in [4.78, 5) is 31.3. The van der Waals surface area contributed by atoms with Crippen LogP contribution in [-0.4, -0.2) is 33.1 Å². The first-order chi connectivity index (χ1) is 9.40. The van der Waals surface area contributed by atoms with Crippen LogP contribution < -0.4 is 5.32 Å². The molecule has 0 radical (unpaired) electrons. The number of nitro groups is 1. The van der Waals surface area contributed by atoms with Gasteiger partial charge in [-0.25, -0.2) is 0 Å². The quantitative estimate of drug-likeness (QED) is 0.479. The summed E-state index contributed by atoms with van der Waals surface area (Å²) >= 11 is 0. The lowest BCUT2D eigenvalue weighted by molar-refractivity contribution is -0.384. The first kappa shape index (κ1) is 15.6. The number of nitro benzene ring substituents is 1. The van der Waals surface area contributed by atoms with Gasteiger partial charge in [-0.2, -0.15) is 0 Å². The zero-order chi connectivity index (χ0) is 15.1. The molecule has 0 aliphatic heterocycles. The van der Waals surface area contributed by atoms with E-state index in [0.717, 1.165) is 0 Å². The molecule has 0 aliphatic rings. The van der Waals surface area contributed by atoms with Crippen LogP contribution in [0.25, 0.3) is 0 Å². The fourth-order valence-electron chi connectivity index (χ4n) is 1.56. The SMILES string of the molecule is O=C(O)CCC(NCc1ccc([N+](=O)[O-])cc1)C(=O)O. The molecule has 108 valence electrons. The van der Waals surface area contributed by atoms with Gasteiger partial charge in [-0.05, 0) is 12.0 Å². The summed E-state index contributed by atoms with van der Waals surface area (Å²) in [5.41, 5.74) is 0.631. The van der Waals surface area contributed by atoms with Crippen LogP contribution in [0.4, 0.5) is 5.69 Å². The lowest BCUT2D eigenvalue weighted by atomic mass is 10.1. The van der Waals surface area contributed by atoms with Gasteiger partial charge in [0.25, 0.3) is 5.69 Å². The lowest BCUT2D eigenvalue weighted by Crippen LogP contribution is -2.36. The van der Waals surface area contributed by atoms with Gasteiger partial charge >= 0.3 is 11.9 Å². The fourth-order valence-corrected chi connectivity index (χ4v) is 1.56. The van der Waals surface area contributed by atoms with Crippen LogP contribution in [-0.2, 0) is 16.1 Å². The first-order valence-corrected chi connectivity index (χ1v) is 5.81. The van der Waals surface area contributed by atoms with Crippen molar-refractivity contribution in [2.75, 3.05) is 0 Å². The Hall–Kier alpha value is -2.48. The number of nitrogens with zero attached hydrogens (tertiary/aromatic N) is 1. The number of benzene rings is 1. The average molecular weight is 282 g/mol. The standard InChI is InChI=1S/C12H14N2O6/c15-11(16)6-5-10(12(17)18)13-7-8-1-3-9(4-2-8)14(19)20/h1-4,10,13H,5-7H2,(H,15,16)(H,17,18). The van der Waals surface area contributed by atoms with Crippen LogP contribution in [0.3, 0.4) is 0 Å². The van der Waals surface area contributed by atoms with Crippen LogP contribution in [0.1, 0.15) is 18.4 Å². The molecule has 0 aliphatic carbocycles. The molecule has 8 heteroatoms. The van der Waals surface area contributed by atoms with E-state index in [0.29, 0.717) is 5.56 Å². The molecule has 3 N–H and O–H groups in total. The van der Waals surface area contributed by atoms with E-state index in [-0.39, 0.29) is 25.1 Å². The number of rotatable bonds is 8. The van der Waals surface area contributed by atoms with Crippen molar-refractivity contribution < 1.29 is 24.7 Å². The Morgan fingerprint density at radius 2 is 1.85 bits per heavy atom. The molecule has 1 atom stereocenters. The molecule has 0 amide bonds. The molecule has 1 rings (SSSR count). The molecule has 8 nitrogen and oxygen atoms in total. The van der Waals surface area contributed by atoms with Crippen LogP contribution in [0, 0.1) is 10.1 Å². The molecule has 0 spiro atoms. The van der Waals surface area contributed by atoms with Crippen molar-refractivity contribution in [3.05, 3.63) is 39.9 Å². The molecule has 0 fully saturated rings. The van der Waals surface area contributed by atoms with Crippen molar-refractivity contribution in [3.8, 4) is 0 Å². The Morgan fingerprint density at radius 3 is 2.30 bits per heavy atom. The number of non-ortho nitro benzene ring substituents is 1. The zero-order valence-corrected chi connectivity index (χ0v) is 10.5. The monoisotopic (exact) mass is 282 g/mol. The molecule has 0 saturated carbocycles. The predicted octanol–water partition coefficient (Wildman–Crippen LogP) is 1.00. The lowest BCUT2D eigenvalue weighted by Gasteiger charge is -2.13. The van der Waals surface area contributed by atoms with E-state index in [1.165, 1.54) is 24.3 Å². The summed E-state index contributed by atoms with van der Waals surface area (Å²) in [6.45, 7) is 0.189. The summed E-state index contributed by atoms with van der Waals surface area (Å²) in [7, 11) is 0. The average Bonchev–Trinajstić information content (AvgIpc) is 2.38. The highest BCUT2D eigenvalue weighted by atomic mass is 16.6. The number of carboxylic acid groups (broad SMARTS) is 2. The topological polar surface area (TPSA) is 130 Å². The summed E-state index contributed by atoms with van der Waals surface area (Å²) in [6.07, 6.45) is -0.276. The second kappa shape index (κ2) is 7.19. The molecule has 0 heterocycles. The maximum absolute atomic E-state index is 10.9. The predicted molar refractivity (Wildman–Crippen MR) is 68.2 cm³/mol. The van der Waals surface area contributed by atoms with Gasteiger partial charge in [-0.1, -0.05) is 12.1 Å². The van der Waals surface area contributed by atoms with Gasteiger partial charge in [0.2, 0.25) is 0 Å². The number of carbonyl (C=O) groups is 2. The van der Waals surface area contributed by atoms with Gasteiger partial charge in [0.15, 0.2) is 0 Å². The van der Waals surface area contributed by atoms with Crippen molar-refractivity contribution in [1.82, 2.24) is 5.32 Å². The third kappa shape index (κ3) is 5.02. The van der Waals surface area contributed by atoms with Crippen molar-refractivity contribution in [1.29, 1.82) is 0 Å². The molecular formula is C12H14N2O6. The summed E-state index contributed by atoms with van der Waals surface area (Å²) < 4.78 is 0. The fraction of sp³-hybridized carbons (Fsp3) is 0.333. The first-order valence-electron chi connectivity index (χ1n) is 5.81. The van der Waals surface area contributed by atoms with Gasteiger partial charge < -0.3 is 15.5 Å². The Balaban J connectivity index is 2.56. The summed E-state index contributed by atoms with van der Waals surface area (Å²) in [5, 5.41) is 30.6. The molecule has 0 saturated heterocycles. The minimum absolute atomic E-state index is 0.0301. The highest BCUT2D eigenvalue weighted by molar-refractivity contribution is 5.75. The Kier molecular flexibility index (Phi) is 5.60. The Labute approximate surface area is 114 Å². The number of carboxylic acids is 2. The van der Waals surface area contributed by atoms with E-state index in [1.54, 1.807) is 0 Å². The largest absolute Gasteiger partial charge is 0.481 e. The molecule has 1 aromatic rings. The van der Waals surface area contributed by atoms with Crippen LogP contribution in [0.15, 0.2) is 24.3 Å². The van der Waals surface area contributed by atoms with Crippen LogP contribution in [0.5, 0.6) is 0 Å². The second-order valence-corrected chi connectivity index (χ2v) is 4.13. The molecule has 1 aromatic carbocycles. The maximum Gasteiger partial charge on any atom is 0.320 e. The third-order valence-corrected chi connectivity index (χ3v) is 2.64. The smallest absolute Gasteiger partial charge is 0.320 e. The van der Waals surface area contributed by atoms with Gasteiger partial charge in [0, 0.05) is 25.1 Å². The second-order valence-electron chi connectivity index (χ2n) is 4.13. The van der Waals surface area contributed by atoms with E-state index in [4.69, 9.17) is 10.2 Å². The highest BCUT2D eigenvalue weighted by Crippen LogP contribution is 2.12. The van der Waals surface area contributed by atoms with E-state index < -0.39 is 22.9 Å². The van der Waals surface area contributed by atoms with Crippen molar-refractivity contribution in [2.45, 2.75) is 25.4 Å². The summed E-state index contributed by atoms with van der Waals surface area (Å²) in [6, 6.07) is 4.71. The Bertz CT molecular complexity index is 499. The minimum Gasteiger partial charge on any atom is -0.481 e. The molecule has 0 bridgehead atoms. The highest BCUT2D eigenvalue weighted by Gasteiger charge is 2.18. The van der Waals surface area contributed by atoms with Crippen LogP contribution >= 0.6 is 0 Å². The normalized spacial score (nSPS) is 11.8. The third-order valence-electron chi connectivity index (χ3n) is 2.64. The molecule has 1 unspecified atom stereocenters. The number of aliphatic carboxylic acids is 2. The van der Waals surface area contributed by atoms with Gasteiger partial charge in [0.1, 0.15) is 6.04 Å². The van der Waals surface area contributed by atoms with Crippen molar-refractivity contribution in [2.24, 2.45) is 0 Å². The number of hydrogen-bond acceptors (Lipinski definition) is 5. The maximum atomic E-state index is 10.9. The minimum atomic E-state index is -1.13. The molecule has 20 heavy (non-hydrogen) atoms.